The van der Waals surface area contributed by atoms with Gasteiger partial charge >= 0.3 is 0 Å². The van der Waals surface area contributed by atoms with Crippen molar-refractivity contribution in [2.24, 2.45) is 0 Å². The average Bonchev–Trinajstić information content (AvgIpc) is 2.37. The molecule has 0 bridgehead atoms. The van der Waals surface area contributed by atoms with Crippen molar-refractivity contribution in [1.29, 1.82) is 0 Å². The Kier molecular flexibility index (Phi) is 3.95. The summed E-state index contributed by atoms with van der Waals surface area (Å²) < 4.78 is 5.71. The van der Waals surface area contributed by atoms with Gasteiger partial charge in [0.2, 0.25) is 0 Å². The van der Waals surface area contributed by atoms with Gasteiger partial charge in [0.25, 0.3) is 5.91 Å². The molecule has 3 N–H and O–H groups in total. The SMILES string of the molecule is CNC(=O)c1ccc(N)c(N2CC(C)OC(C)C2)c1. The Bertz CT molecular complexity index is 466. The number of nitrogen functional groups attached to an aromatic ring is 1. The molecule has 104 valence electrons. The summed E-state index contributed by atoms with van der Waals surface area (Å²) in [6.07, 6.45) is 0.318. The lowest BCUT2D eigenvalue weighted by atomic mass is 10.1. The zero-order chi connectivity index (χ0) is 14.0. The Morgan fingerprint density at radius 2 is 2.00 bits per heavy atom. The highest BCUT2D eigenvalue weighted by Gasteiger charge is 2.24. The lowest BCUT2D eigenvalue weighted by Crippen LogP contribution is -2.45. The van der Waals surface area contributed by atoms with Crippen LogP contribution in [0.15, 0.2) is 18.2 Å². The highest BCUT2D eigenvalue weighted by atomic mass is 16.5. The number of amides is 1. The van der Waals surface area contributed by atoms with Gasteiger partial charge in [-0.05, 0) is 32.0 Å². The van der Waals surface area contributed by atoms with E-state index in [0.29, 0.717) is 11.3 Å². The molecule has 1 fully saturated rings. The van der Waals surface area contributed by atoms with Crippen LogP contribution in [0.4, 0.5) is 11.4 Å². The molecule has 1 heterocycles. The largest absolute Gasteiger partial charge is 0.397 e. The molecule has 0 aliphatic carbocycles. The topological polar surface area (TPSA) is 67.6 Å². The normalized spacial score (nSPS) is 23.2. The van der Waals surface area contributed by atoms with Crippen LogP contribution in [0.2, 0.25) is 0 Å². The second-order valence-corrected chi connectivity index (χ2v) is 5.02. The molecule has 1 saturated heterocycles. The first-order chi connectivity index (χ1) is 9.01. The molecule has 1 amide bonds. The number of nitrogens with two attached hydrogens (primary N) is 1. The van der Waals surface area contributed by atoms with E-state index in [0.717, 1.165) is 18.8 Å². The van der Waals surface area contributed by atoms with E-state index >= 15 is 0 Å². The van der Waals surface area contributed by atoms with Crippen molar-refractivity contribution in [1.82, 2.24) is 5.32 Å². The zero-order valence-electron chi connectivity index (χ0n) is 11.6. The van der Waals surface area contributed by atoms with Gasteiger partial charge in [0.05, 0.1) is 23.6 Å². The monoisotopic (exact) mass is 263 g/mol. The fraction of sp³-hybridized carbons (Fsp3) is 0.500. The first kappa shape index (κ1) is 13.7. The van der Waals surface area contributed by atoms with Crippen LogP contribution in [-0.4, -0.2) is 38.3 Å². The molecule has 1 aliphatic heterocycles. The van der Waals surface area contributed by atoms with E-state index in [4.69, 9.17) is 10.5 Å². The van der Waals surface area contributed by atoms with Gasteiger partial charge < -0.3 is 20.7 Å². The molecule has 2 atom stereocenters. The predicted octanol–water partition coefficient (Wildman–Crippen LogP) is 1.24. The standard InChI is InChI=1S/C14H21N3O2/c1-9-7-17(8-10(2)19-9)13-6-11(14(18)16-3)4-5-12(13)15/h4-6,9-10H,7-8,15H2,1-3H3,(H,16,18). The third kappa shape index (κ3) is 2.98. The molecule has 1 aliphatic rings. The Morgan fingerprint density at radius 3 is 2.58 bits per heavy atom. The van der Waals surface area contributed by atoms with Crippen molar-refractivity contribution in [3.63, 3.8) is 0 Å². The summed E-state index contributed by atoms with van der Waals surface area (Å²) in [5.41, 5.74) is 8.26. The smallest absolute Gasteiger partial charge is 0.251 e. The second-order valence-electron chi connectivity index (χ2n) is 5.02. The minimum absolute atomic E-state index is 0.101. The van der Waals surface area contributed by atoms with Crippen molar-refractivity contribution >= 4 is 17.3 Å². The molecule has 5 heteroatoms. The lowest BCUT2D eigenvalue weighted by Gasteiger charge is -2.37. The van der Waals surface area contributed by atoms with Gasteiger partial charge in [-0.25, -0.2) is 0 Å². The van der Waals surface area contributed by atoms with E-state index in [1.807, 2.05) is 19.9 Å². The van der Waals surface area contributed by atoms with Gasteiger partial charge in [-0.3, -0.25) is 4.79 Å². The Labute approximate surface area is 113 Å². The first-order valence-corrected chi connectivity index (χ1v) is 6.53. The maximum Gasteiger partial charge on any atom is 0.251 e. The van der Waals surface area contributed by atoms with Gasteiger partial charge in [-0.2, -0.15) is 0 Å². The third-order valence-electron chi connectivity index (χ3n) is 3.28. The van der Waals surface area contributed by atoms with E-state index in [-0.39, 0.29) is 18.1 Å². The lowest BCUT2D eigenvalue weighted by molar-refractivity contribution is -0.00517. The van der Waals surface area contributed by atoms with Crippen LogP contribution in [-0.2, 0) is 4.74 Å². The molecule has 0 aromatic heterocycles. The van der Waals surface area contributed by atoms with Crippen molar-refractivity contribution < 1.29 is 9.53 Å². The zero-order valence-corrected chi connectivity index (χ0v) is 11.6. The fourth-order valence-electron chi connectivity index (χ4n) is 2.48. The van der Waals surface area contributed by atoms with Gasteiger partial charge in [-0.15, -0.1) is 0 Å². The van der Waals surface area contributed by atoms with Crippen LogP contribution in [0.3, 0.4) is 0 Å². The predicted molar refractivity (Wildman–Crippen MR) is 76.5 cm³/mol. The Hall–Kier alpha value is -1.75. The van der Waals surface area contributed by atoms with Crippen molar-refractivity contribution in [2.75, 3.05) is 30.8 Å². The molecule has 0 saturated carbocycles. The molecule has 1 aromatic carbocycles. The Morgan fingerprint density at radius 1 is 1.37 bits per heavy atom. The highest BCUT2D eigenvalue weighted by molar-refractivity contribution is 5.96. The summed E-state index contributed by atoms with van der Waals surface area (Å²) in [4.78, 5) is 13.9. The van der Waals surface area contributed by atoms with Gasteiger partial charge in [0, 0.05) is 25.7 Å². The summed E-state index contributed by atoms with van der Waals surface area (Å²) in [6, 6.07) is 5.37. The maximum atomic E-state index is 11.7. The van der Waals surface area contributed by atoms with Crippen molar-refractivity contribution in [3.8, 4) is 0 Å². The van der Waals surface area contributed by atoms with Gasteiger partial charge in [0.1, 0.15) is 0 Å². The number of hydrogen-bond donors (Lipinski definition) is 2. The number of carbonyl (C=O) groups is 1. The van der Waals surface area contributed by atoms with Crippen LogP contribution < -0.4 is 16.0 Å². The van der Waals surface area contributed by atoms with E-state index < -0.39 is 0 Å². The number of ether oxygens (including phenoxy) is 1. The summed E-state index contributed by atoms with van der Waals surface area (Å²) in [6.45, 7) is 5.65. The number of rotatable bonds is 2. The number of anilines is 2. The summed E-state index contributed by atoms with van der Waals surface area (Å²) >= 11 is 0. The van der Waals surface area contributed by atoms with Crippen LogP contribution >= 0.6 is 0 Å². The highest BCUT2D eigenvalue weighted by Crippen LogP contribution is 2.27. The molecule has 0 spiro atoms. The van der Waals surface area contributed by atoms with E-state index in [9.17, 15) is 4.79 Å². The van der Waals surface area contributed by atoms with E-state index in [1.54, 1.807) is 19.2 Å². The van der Waals surface area contributed by atoms with Crippen molar-refractivity contribution in [3.05, 3.63) is 23.8 Å². The second kappa shape index (κ2) is 5.48. The molecule has 19 heavy (non-hydrogen) atoms. The summed E-state index contributed by atoms with van der Waals surface area (Å²) in [7, 11) is 1.62. The third-order valence-corrected chi connectivity index (χ3v) is 3.28. The van der Waals surface area contributed by atoms with Crippen LogP contribution in [0.1, 0.15) is 24.2 Å². The number of nitrogens with one attached hydrogen (secondary N) is 1. The fourth-order valence-corrected chi connectivity index (χ4v) is 2.48. The number of hydrogen-bond acceptors (Lipinski definition) is 4. The molecular formula is C14H21N3O2. The molecule has 2 rings (SSSR count). The number of benzene rings is 1. The van der Waals surface area contributed by atoms with Crippen LogP contribution in [0.25, 0.3) is 0 Å². The maximum absolute atomic E-state index is 11.7. The average molecular weight is 263 g/mol. The van der Waals surface area contributed by atoms with Gasteiger partial charge in [-0.1, -0.05) is 0 Å². The van der Waals surface area contributed by atoms with Crippen molar-refractivity contribution in [2.45, 2.75) is 26.1 Å². The molecular weight excluding hydrogens is 242 g/mol. The molecule has 2 unspecified atom stereocenters. The number of carbonyl (C=O) groups excluding carboxylic acids is 1. The minimum atomic E-state index is -0.101. The number of morpholine rings is 1. The minimum Gasteiger partial charge on any atom is -0.397 e. The van der Waals surface area contributed by atoms with E-state index in [1.165, 1.54) is 0 Å². The van der Waals surface area contributed by atoms with Crippen LogP contribution in [0, 0.1) is 0 Å². The van der Waals surface area contributed by atoms with Crippen LogP contribution in [0.5, 0.6) is 0 Å². The molecule has 0 radical (unpaired) electrons. The molecule has 1 aromatic rings. The quantitative estimate of drug-likeness (QED) is 0.788. The molecule has 5 nitrogen and oxygen atoms in total. The summed E-state index contributed by atoms with van der Waals surface area (Å²) in [5, 5.41) is 2.63. The summed E-state index contributed by atoms with van der Waals surface area (Å²) in [5.74, 6) is -0.101. The number of nitrogens with zero attached hydrogens (tertiary/aromatic N) is 1. The Balaban J connectivity index is 2.30. The van der Waals surface area contributed by atoms with E-state index in [2.05, 4.69) is 10.2 Å². The van der Waals surface area contributed by atoms with Gasteiger partial charge in [0.15, 0.2) is 0 Å². The first-order valence-electron chi connectivity index (χ1n) is 6.53.